The molecule has 0 aromatic heterocycles. The highest BCUT2D eigenvalue weighted by Crippen LogP contribution is 2.23. The molecule has 1 aliphatic carbocycles. The maximum absolute atomic E-state index is 11.1. The second-order valence-electron chi connectivity index (χ2n) is 3.38. The lowest BCUT2D eigenvalue weighted by Crippen LogP contribution is -2.31. The van der Waals surface area contributed by atoms with Gasteiger partial charge in [-0.3, -0.25) is 4.79 Å². The van der Waals surface area contributed by atoms with Crippen LogP contribution in [0.4, 0.5) is 0 Å². The van der Waals surface area contributed by atoms with Crippen LogP contribution in [0.25, 0.3) is 0 Å². The molecule has 3 heteroatoms. The molecule has 0 heterocycles. The first-order valence-electron chi connectivity index (χ1n) is 4.32. The van der Waals surface area contributed by atoms with Crippen LogP contribution in [0.2, 0.25) is 0 Å². The summed E-state index contributed by atoms with van der Waals surface area (Å²) in [6.45, 7) is 2.11. The first kappa shape index (κ1) is 9.26. The number of carbonyl (C=O) groups is 1. The molecule has 1 atom stereocenters. The minimum Gasteiger partial charge on any atom is -0.323 e. The number of allylic oxidation sites excluding steroid dienone is 2. The summed E-state index contributed by atoms with van der Waals surface area (Å²) in [5.41, 5.74) is 4.21. The van der Waals surface area contributed by atoms with Crippen molar-refractivity contribution < 1.29 is 4.79 Å². The van der Waals surface area contributed by atoms with E-state index in [1.54, 1.807) is 6.08 Å². The Morgan fingerprint density at radius 3 is 2.83 bits per heavy atom. The van der Waals surface area contributed by atoms with Gasteiger partial charge in [-0.15, -0.1) is 0 Å². The highest BCUT2D eigenvalue weighted by molar-refractivity contribution is 5.93. The largest absolute Gasteiger partial charge is 0.323 e. The predicted molar refractivity (Wildman–Crippen MR) is 48.3 cm³/mol. The molecule has 0 radical (unpaired) electrons. The Kier molecular flexibility index (Phi) is 2.87. The summed E-state index contributed by atoms with van der Waals surface area (Å²) < 4.78 is 0. The minimum atomic E-state index is 0.242. The van der Waals surface area contributed by atoms with Crippen molar-refractivity contribution in [3.8, 4) is 0 Å². The van der Waals surface area contributed by atoms with Crippen LogP contribution in [0, 0.1) is 5.92 Å². The Hall–Kier alpha value is -0.830. The normalized spacial score (nSPS) is 23.2. The van der Waals surface area contributed by atoms with Crippen LogP contribution in [0.1, 0.15) is 19.8 Å². The van der Waals surface area contributed by atoms with Gasteiger partial charge in [0.25, 0.3) is 0 Å². The molecule has 1 aliphatic rings. The van der Waals surface area contributed by atoms with Gasteiger partial charge in [-0.05, 0) is 6.42 Å². The van der Waals surface area contributed by atoms with Crippen LogP contribution < -0.4 is 5.43 Å². The molecule has 0 bridgehead atoms. The van der Waals surface area contributed by atoms with E-state index in [2.05, 4.69) is 12.3 Å². The van der Waals surface area contributed by atoms with E-state index in [1.165, 1.54) is 0 Å². The van der Waals surface area contributed by atoms with Gasteiger partial charge in [0, 0.05) is 38.2 Å². The summed E-state index contributed by atoms with van der Waals surface area (Å²) in [6.07, 6.45) is 3.42. The van der Waals surface area contributed by atoms with Crippen LogP contribution in [-0.4, -0.2) is 24.9 Å². The third-order valence-electron chi connectivity index (χ3n) is 2.05. The number of hydrogen-bond acceptors (Lipinski definition) is 3. The molecule has 0 fully saturated rings. The number of nitrogens with zero attached hydrogens (tertiary/aromatic N) is 1. The topological polar surface area (TPSA) is 32.3 Å². The second kappa shape index (κ2) is 3.72. The summed E-state index contributed by atoms with van der Waals surface area (Å²) in [7, 11) is 3.85. The van der Waals surface area contributed by atoms with Crippen LogP contribution in [-0.2, 0) is 4.79 Å². The zero-order valence-corrected chi connectivity index (χ0v) is 7.92. The van der Waals surface area contributed by atoms with Gasteiger partial charge in [-0.25, -0.2) is 5.01 Å². The Balaban J connectivity index is 2.60. The van der Waals surface area contributed by atoms with Crippen molar-refractivity contribution in [3.05, 3.63) is 11.8 Å². The summed E-state index contributed by atoms with van der Waals surface area (Å²) in [6, 6.07) is 0. The number of hydrogen-bond donors (Lipinski definition) is 1. The first-order valence-corrected chi connectivity index (χ1v) is 4.32. The van der Waals surface area contributed by atoms with E-state index in [9.17, 15) is 4.79 Å². The average Bonchev–Trinajstić information content (AvgIpc) is 2.29. The van der Waals surface area contributed by atoms with E-state index in [1.807, 2.05) is 19.1 Å². The van der Waals surface area contributed by atoms with Crippen LogP contribution in [0.15, 0.2) is 11.8 Å². The molecule has 1 N–H and O–H groups in total. The zero-order chi connectivity index (χ0) is 9.14. The summed E-state index contributed by atoms with van der Waals surface area (Å²) >= 11 is 0. The van der Waals surface area contributed by atoms with Gasteiger partial charge in [-0.1, -0.05) is 6.92 Å². The van der Waals surface area contributed by atoms with Crippen molar-refractivity contribution in [2.75, 3.05) is 14.1 Å². The molecule has 0 spiro atoms. The SMILES string of the molecule is CCC1CC(=O)C=C1NN(C)C. The molecule has 0 amide bonds. The lowest BCUT2D eigenvalue weighted by Gasteiger charge is -2.18. The van der Waals surface area contributed by atoms with Gasteiger partial charge in [0.05, 0.1) is 0 Å². The summed E-state index contributed by atoms with van der Waals surface area (Å²) in [5, 5.41) is 1.87. The van der Waals surface area contributed by atoms with E-state index in [4.69, 9.17) is 0 Å². The summed E-state index contributed by atoms with van der Waals surface area (Å²) in [5.74, 6) is 0.645. The van der Waals surface area contributed by atoms with Gasteiger partial charge in [0.15, 0.2) is 5.78 Å². The fourth-order valence-corrected chi connectivity index (χ4v) is 1.45. The molecule has 0 aliphatic heterocycles. The van der Waals surface area contributed by atoms with Crippen molar-refractivity contribution in [1.82, 2.24) is 10.4 Å². The zero-order valence-electron chi connectivity index (χ0n) is 7.92. The Bertz CT molecular complexity index is 209. The number of rotatable bonds is 3. The van der Waals surface area contributed by atoms with Crippen molar-refractivity contribution in [1.29, 1.82) is 0 Å². The van der Waals surface area contributed by atoms with E-state index < -0.39 is 0 Å². The molecular formula is C9H16N2O. The van der Waals surface area contributed by atoms with E-state index >= 15 is 0 Å². The first-order chi connectivity index (χ1) is 5.63. The van der Waals surface area contributed by atoms with Crippen molar-refractivity contribution in [2.45, 2.75) is 19.8 Å². The molecule has 0 aromatic rings. The van der Waals surface area contributed by atoms with Gasteiger partial charge in [-0.2, -0.15) is 0 Å². The third-order valence-corrected chi connectivity index (χ3v) is 2.05. The maximum atomic E-state index is 11.1. The van der Waals surface area contributed by atoms with Crippen LogP contribution >= 0.6 is 0 Å². The molecule has 12 heavy (non-hydrogen) atoms. The minimum absolute atomic E-state index is 0.242. The van der Waals surface area contributed by atoms with E-state index in [-0.39, 0.29) is 5.78 Å². The van der Waals surface area contributed by atoms with Crippen molar-refractivity contribution in [2.24, 2.45) is 5.92 Å². The van der Waals surface area contributed by atoms with Crippen molar-refractivity contribution >= 4 is 5.78 Å². The molecule has 3 nitrogen and oxygen atoms in total. The standard InChI is InChI=1S/C9H16N2O/c1-4-7-5-8(12)6-9(7)10-11(2)3/h6-7,10H,4-5H2,1-3H3. The van der Waals surface area contributed by atoms with Gasteiger partial charge in [0.1, 0.15) is 0 Å². The third kappa shape index (κ3) is 2.08. The Morgan fingerprint density at radius 1 is 1.67 bits per heavy atom. The molecule has 0 saturated heterocycles. The Morgan fingerprint density at radius 2 is 2.33 bits per heavy atom. The highest BCUT2D eigenvalue weighted by Gasteiger charge is 2.23. The lowest BCUT2D eigenvalue weighted by molar-refractivity contribution is -0.114. The Labute approximate surface area is 73.4 Å². The monoisotopic (exact) mass is 168 g/mol. The molecule has 0 aromatic carbocycles. The van der Waals surface area contributed by atoms with E-state index in [0.717, 1.165) is 12.1 Å². The van der Waals surface area contributed by atoms with Gasteiger partial charge in [0.2, 0.25) is 0 Å². The second-order valence-corrected chi connectivity index (χ2v) is 3.38. The predicted octanol–water partition coefficient (Wildman–Crippen LogP) is 0.935. The lowest BCUT2D eigenvalue weighted by atomic mass is 10.0. The van der Waals surface area contributed by atoms with E-state index in [0.29, 0.717) is 12.3 Å². The fraction of sp³-hybridized carbons (Fsp3) is 0.667. The smallest absolute Gasteiger partial charge is 0.158 e. The van der Waals surface area contributed by atoms with Crippen LogP contribution in [0.5, 0.6) is 0 Å². The van der Waals surface area contributed by atoms with Gasteiger partial charge >= 0.3 is 0 Å². The quantitative estimate of drug-likeness (QED) is 0.636. The number of carbonyl (C=O) groups excluding carboxylic acids is 1. The molecule has 1 rings (SSSR count). The molecule has 1 unspecified atom stereocenters. The number of nitrogens with one attached hydrogen (secondary N) is 1. The average molecular weight is 168 g/mol. The molecular weight excluding hydrogens is 152 g/mol. The van der Waals surface area contributed by atoms with Gasteiger partial charge < -0.3 is 5.43 Å². The number of ketones is 1. The molecule has 0 saturated carbocycles. The fourth-order valence-electron chi connectivity index (χ4n) is 1.45. The number of hydrazine groups is 1. The maximum Gasteiger partial charge on any atom is 0.158 e. The summed E-state index contributed by atoms with van der Waals surface area (Å²) in [4.78, 5) is 11.1. The van der Waals surface area contributed by atoms with Crippen molar-refractivity contribution in [3.63, 3.8) is 0 Å². The highest BCUT2D eigenvalue weighted by atomic mass is 16.1. The molecule has 68 valence electrons. The van der Waals surface area contributed by atoms with Crippen LogP contribution in [0.3, 0.4) is 0 Å².